The Labute approximate surface area is 126 Å². The first kappa shape index (κ1) is 14.3. The standard InChI is InChI=1S/C14H11ClN2O2S/c15-11-7-8(5-6-9(11)14(17)20)19-12-4-2-1-3-10(12)13(16)18/h1-7H,(H2,16,18)(H2,17,20). The van der Waals surface area contributed by atoms with Crippen molar-refractivity contribution in [3.8, 4) is 11.5 Å². The molecule has 1 amide bonds. The lowest BCUT2D eigenvalue weighted by Gasteiger charge is -2.10. The van der Waals surface area contributed by atoms with E-state index in [1.54, 1.807) is 42.5 Å². The van der Waals surface area contributed by atoms with Crippen molar-refractivity contribution in [1.29, 1.82) is 0 Å². The monoisotopic (exact) mass is 306 g/mol. The Balaban J connectivity index is 2.34. The SMILES string of the molecule is NC(=O)c1ccccc1Oc1ccc(C(N)=S)c(Cl)c1. The lowest BCUT2D eigenvalue weighted by atomic mass is 10.2. The van der Waals surface area contributed by atoms with Crippen LogP contribution in [0.3, 0.4) is 0 Å². The largest absolute Gasteiger partial charge is 0.456 e. The summed E-state index contributed by atoms with van der Waals surface area (Å²) in [5.41, 5.74) is 11.7. The molecule has 2 aromatic rings. The fourth-order valence-corrected chi connectivity index (χ4v) is 2.15. The minimum atomic E-state index is -0.563. The third-order valence-electron chi connectivity index (χ3n) is 2.59. The van der Waals surface area contributed by atoms with E-state index < -0.39 is 5.91 Å². The molecule has 0 atom stereocenters. The van der Waals surface area contributed by atoms with Crippen LogP contribution in [0.25, 0.3) is 0 Å². The second-order valence-electron chi connectivity index (χ2n) is 3.97. The molecule has 0 aromatic heterocycles. The molecule has 6 heteroatoms. The van der Waals surface area contributed by atoms with Crippen molar-refractivity contribution in [2.24, 2.45) is 11.5 Å². The smallest absolute Gasteiger partial charge is 0.252 e. The van der Waals surface area contributed by atoms with Crippen LogP contribution in [0.2, 0.25) is 5.02 Å². The first-order valence-electron chi connectivity index (χ1n) is 5.65. The van der Waals surface area contributed by atoms with Crippen molar-refractivity contribution in [3.63, 3.8) is 0 Å². The third kappa shape index (κ3) is 3.07. The Bertz CT molecular complexity index is 689. The van der Waals surface area contributed by atoms with Crippen LogP contribution in [0.15, 0.2) is 42.5 Å². The molecule has 2 rings (SSSR count). The number of hydrogen-bond acceptors (Lipinski definition) is 3. The minimum Gasteiger partial charge on any atom is -0.456 e. The van der Waals surface area contributed by atoms with E-state index in [1.165, 1.54) is 0 Å². The van der Waals surface area contributed by atoms with Crippen LogP contribution in [-0.4, -0.2) is 10.9 Å². The number of benzene rings is 2. The van der Waals surface area contributed by atoms with Crippen LogP contribution in [0.1, 0.15) is 15.9 Å². The first-order chi connectivity index (χ1) is 9.49. The lowest BCUT2D eigenvalue weighted by molar-refractivity contribution is 0.0998. The molecule has 0 aliphatic carbocycles. The minimum absolute atomic E-state index is 0.207. The van der Waals surface area contributed by atoms with Gasteiger partial charge in [0.25, 0.3) is 5.91 Å². The zero-order chi connectivity index (χ0) is 14.7. The van der Waals surface area contributed by atoms with Gasteiger partial charge in [0, 0.05) is 11.6 Å². The third-order valence-corrected chi connectivity index (χ3v) is 3.12. The van der Waals surface area contributed by atoms with Crippen molar-refractivity contribution in [2.75, 3.05) is 0 Å². The molecule has 0 radical (unpaired) electrons. The molecule has 0 fully saturated rings. The summed E-state index contributed by atoms with van der Waals surface area (Å²) in [5, 5.41) is 0.381. The molecular formula is C14H11ClN2O2S. The number of rotatable bonds is 4. The van der Waals surface area contributed by atoms with Crippen molar-refractivity contribution < 1.29 is 9.53 Å². The molecule has 0 unspecified atom stereocenters. The quantitative estimate of drug-likeness (QED) is 0.851. The highest BCUT2D eigenvalue weighted by Gasteiger charge is 2.10. The van der Waals surface area contributed by atoms with Gasteiger partial charge < -0.3 is 16.2 Å². The van der Waals surface area contributed by atoms with Crippen LogP contribution in [-0.2, 0) is 0 Å². The van der Waals surface area contributed by atoms with Crippen LogP contribution in [0.5, 0.6) is 11.5 Å². The maximum atomic E-state index is 11.3. The van der Waals surface area contributed by atoms with Gasteiger partial charge in [0.2, 0.25) is 0 Å². The predicted molar refractivity (Wildman–Crippen MR) is 82.4 cm³/mol. The highest BCUT2D eigenvalue weighted by atomic mass is 35.5. The fraction of sp³-hybridized carbons (Fsp3) is 0. The number of primary amides is 1. The van der Waals surface area contributed by atoms with Crippen LogP contribution in [0, 0.1) is 0 Å². The van der Waals surface area contributed by atoms with E-state index in [1.807, 2.05) is 0 Å². The van der Waals surface area contributed by atoms with Crippen LogP contribution >= 0.6 is 23.8 Å². The first-order valence-corrected chi connectivity index (χ1v) is 6.43. The van der Waals surface area contributed by atoms with E-state index in [9.17, 15) is 4.79 Å². The molecule has 2 aromatic carbocycles. The van der Waals surface area contributed by atoms with Gasteiger partial charge in [0.05, 0.1) is 10.6 Å². The lowest BCUT2D eigenvalue weighted by Crippen LogP contribution is -2.12. The summed E-state index contributed by atoms with van der Waals surface area (Å²) in [7, 11) is 0. The molecule has 0 saturated heterocycles. The number of para-hydroxylation sites is 1. The van der Waals surface area contributed by atoms with Gasteiger partial charge in [-0.05, 0) is 24.3 Å². The average molecular weight is 307 g/mol. The van der Waals surface area contributed by atoms with Gasteiger partial charge >= 0.3 is 0 Å². The Morgan fingerprint density at radius 3 is 2.40 bits per heavy atom. The van der Waals surface area contributed by atoms with E-state index in [-0.39, 0.29) is 4.99 Å². The second-order valence-corrected chi connectivity index (χ2v) is 4.82. The van der Waals surface area contributed by atoms with Crippen molar-refractivity contribution >= 4 is 34.7 Å². The number of amides is 1. The Morgan fingerprint density at radius 1 is 1.10 bits per heavy atom. The second kappa shape index (κ2) is 5.90. The molecule has 0 aliphatic rings. The van der Waals surface area contributed by atoms with Crippen LogP contribution < -0.4 is 16.2 Å². The maximum Gasteiger partial charge on any atom is 0.252 e. The fourth-order valence-electron chi connectivity index (χ4n) is 1.65. The van der Waals surface area contributed by atoms with E-state index >= 15 is 0 Å². The van der Waals surface area contributed by atoms with E-state index in [4.69, 9.17) is 40.0 Å². The van der Waals surface area contributed by atoms with E-state index in [2.05, 4.69) is 0 Å². The normalized spacial score (nSPS) is 10.1. The molecule has 102 valence electrons. The number of ether oxygens (including phenoxy) is 1. The number of halogens is 1. The number of thiocarbonyl (C=S) groups is 1. The van der Waals surface area contributed by atoms with Crippen molar-refractivity contribution in [3.05, 3.63) is 58.6 Å². The zero-order valence-electron chi connectivity index (χ0n) is 10.3. The van der Waals surface area contributed by atoms with E-state index in [0.29, 0.717) is 27.6 Å². The van der Waals surface area contributed by atoms with Gasteiger partial charge in [-0.25, -0.2) is 0 Å². The number of carbonyl (C=O) groups is 1. The molecule has 4 N–H and O–H groups in total. The van der Waals surface area contributed by atoms with E-state index in [0.717, 1.165) is 0 Å². The van der Waals surface area contributed by atoms with Crippen molar-refractivity contribution in [2.45, 2.75) is 0 Å². The van der Waals surface area contributed by atoms with Gasteiger partial charge in [-0.15, -0.1) is 0 Å². The summed E-state index contributed by atoms with van der Waals surface area (Å²) >= 11 is 10.9. The number of nitrogens with two attached hydrogens (primary N) is 2. The molecule has 0 aliphatic heterocycles. The number of carbonyl (C=O) groups excluding carboxylic acids is 1. The van der Waals surface area contributed by atoms with Gasteiger partial charge in [0.15, 0.2) is 0 Å². The highest BCUT2D eigenvalue weighted by molar-refractivity contribution is 7.80. The molecule has 20 heavy (non-hydrogen) atoms. The summed E-state index contributed by atoms with van der Waals surface area (Å²) in [4.78, 5) is 11.5. The number of hydrogen-bond donors (Lipinski definition) is 2. The maximum absolute atomic E-state index is 11.3. The Kier molecular flexibility index (Phi) is 4.22. The predicted octanol–water partition coefficient (Wildman–Crippen LogP) is 2.87. The molecule has 4 nitrogen and oxygen atoms in total. The Hall–Kier alpha value is -2.11. The Morgan fingerprint density at radius 2 is 1.80 bits per heavy atom. The van der Waals surface area contributed by atoms with Gasteiger partial charge in [-0.1, -0.05) is 36.0 Å². The molecule has 0 heterocycles. The zero-order valence-corrected chi connectivity index (χ0v) is 11.9. The molecule has 0 saturated carbocycles. The molecular weight excluding hydrogens is 296 g/mol. The summed E-state index contributed by atoms with van der Waals surface area (Å²) in [6, 6.07) is 11.6. The average Bonchev–Trinajstić information content (AvgIpc) is 2.38. The summed E-state index contributed by atoms with van der Waals surface area (Å²) in [6.45, 7) is 0. The summed E-state index contributed by atoms with van der Waals surface area (Å²) in [5.74, 6) is 0.259. The topological polar surface area (TPSA) is 78.3 Å². The van der Waals surface area contributed by atoms with Gasteiger partial charge in [0.1, 0.15) is 16.5 Å². The highest BCUT2D eigenvalue weighted by Crippen LogP contribution is 2.28. The van der Waals surface area contributed by atoms with Gasteiger partial charge in [-0.3, -0.25) is 4.79 Å². The molecule has 0 bridgehead atoms. The van der Waals surface area contributed by atoms with Crippen molar-refractivity contribution in [1.82, 2.24) is 0 Å². The van der Waals surface area contributed by atoms with Gasteiger partial charge in [-0.2, -0.15) is 0 Å². The summed E-state index contributed by atoms with van der Waals surface area (Å²) < 4.78 is 5.62. The summed E-state index contributed by atoms with van der Waals surface area (Å²) in [6.07, 6.45) is 0. The van der Waals surface area contributed by atoms with Crippen LogP contribution in [0.4, 0.5) is 0 Å². The molecule has 0 spiro atoms.